The average Bonchev–Trinajstić information content (AvgIpc) is 2.85. The number of nitrogens with zero attached hydrogens (tertiary/aromatic N) is 1. The number of alkyl halides is 3. The van der Waals surface area contributed by atoms with Crippen LogP contribution in [0.2, 0.25) is 0 Å². The van der Waals surface area contributed by atoms with Crippen LogP contribution in [0.1, 0.15) is 18.4 Å². The molecule has 1 aliphatic heterocycles. The lowest BCUT2D eigenvalue weighted by atomic mass is 9.85. The first-order valence-electron chi connectivity index (χ1n) is 8.36. The Morgan fingerprint density at radius 2 is 1.63 bits per heavy atom. The van der Waals surface area contributed by atoms with Crippen LogP contribution in [0.15, 0.2) is 36.4 Å². The molecule has 1 aliphatic carbocycles. The van der Waals surface area contributed by atoms with Gasteiger partial charge in [-0.2, -0.15) is 0 Å². The molecule has 2 unspecified atom stereocenters. The Morgan fingerprint density at radius 3 is 2.15 bits per heavy atom. The molecule has 2 atom stereocenters. The first-order valence-corrected chi connectivity index (χ1v) is 8.36. The first-order chi connectivity index (χ1) is 12.7. The van der Waals surface area contributed by atoms with Crippen molar-refractivity contribution >= 4 is 17.7 Å². The van der Waals surface area contributed by atoms with Gasteiger partial charge >= 0.3 is 6.36 Å². The number of benzene rings is 1. The van der Waals surface area contributed by atoms with Gasteiger partial charge < -0.3 is 10.1 Å². The van der Waals surface area contributed by atoms with Crippen LogP contribution < -0.4 is 10.1 Å². The molecular weight excluding hydrogens is 365 g/mol. The average molecular weight is 382 g/mol. The third-order valence-electron chi connectivity index (χ3n) is 4.55. The van der Waals surface area contributed by atoms with E-state index in [1.54, 1.807) is 0 Å². The standard InChI is InChI=1S/C18H17F3N2O4/c19-18(20,21)27-12-7-5-11(6-8-12)9-22-15(24)10-23-16(25)13-3-1-2-4-14(13)17(23)26/h1-2,5-8,13-14H,3-4,9-10H2,(H,22,24). The van der Waals surface area contributed by atoms with Crippen molar-refractivity contribution in [2.75, 3.05) is 6.54 Å². The lowest BCUT2D eigenvalue weighted by Gasteiger charge is -2.14. The molecule has 0 saturated carbocycles. The maximum Gasteiger partial charge on any atom is 0.573 e. The molecule has 2 aliphatic rings. The van der Waals surface area contributed by atoms with Gasteiger partial charge in [-0.05, 0) is 30.5 Å². The smallest absolute Gasteiger partial charge is 0.406 e. The number of likely N-dealkylation sites (tertiary alicyclic amines) is 1. The summed E-state index contributed by atoms with van der Waals surface area (Å²) in [7, 11) is 0. The molecule has 0 spiro atoms. The summed E-state index contributed by atoms with van der Waals surface area (Å²) in [4.78, 5) is 37.7. The molecule has 1 N–H and O–H groups in total. The maximum absolute atomic E-state index is 12.3. The van der Waals surface area contributed by atoms with Gasteiger partial charge in [0.15, 0.2) is 0 Å². The van der Waals surface area contributed by atoms with Gasteiger partial charge in [-0.15, -0.1) is 13.2 Å². The molecule has 1 fully saturated rings. The van der Waals surface area contributed by atoms with Crippen molar-refractivity contribution in [1.82, 2.24) is 10.2 Å². The SMILES string of the molecule is O=C(CN1C(=O)C2CC=CCC2C1=O)NCc1ccc(OC(F)(F)F)cc1. The van der Waals surface area contributed by atoms with Crippen molar-refractivity contribution in [3.63, 3.8) is 0 Å². The zero-order chi connectivity index (χ0) is 19.6. The highest BCUT2D eigenvalue weighted by molar-refractivity contribution is 6.07. The number of hydrogen-bond donors (Lipinski definition) is 1. The number of fused-ring (bicyclic) bond motifs is 1. The van der Waals surface area contributed by atoms with Gasteiger partial charge in [-0.25, -0.2) is 0 Å². The van der Waals surface area contributed by atoms with Crippen molar-refractivity contribution in [2.24, 2.45) is 11.8 Å². The molecule has 6 nitrogen and oxygen atoms in total. The molecule has 0 radical (unpaired) electrons. The predicted molar refractivity (Wildman–Crippen MR) is 87.0 cm³/mol. The number of allylic oxidation sites excluding steroid dienone is 2. The topological polar surface area (TPSA) is 75.7 Å². The van der Waals surface area contributed by atoms with Gasteiger partial charge in [-0.1, -0.05) is 24.3 Å². The van der Waals surface area contributed by atoms with Crippen LogP contribution in [0.5, 0.6) is 5.75 Å². The highest BCUT2D eigenvalue weighted by Gasteiger charge is 2.47. The maximum atomic E-state index is 12.3. The van der Waals surface area contributed by atoms with E-state index in [2.05, 4.69) is 10.1 Å². The van der Waals surface area contributed by atoms with Crippen molar-refractivity contribution in [3.8, 4) is 5.75 Å². The summed E-state index contributed by atoms with van der Waals surface area (Å²) in [5, 5.41) is 2.55. The highest BCUT2D eigenvalue weighted by Crippen LogP contribution is 2.34. The van der Waals surface area contributed by atoms with E-state index >= 15 is 0 Å². The van der Waals surface area contributed by atoms with Gasteiger partial charge in [0, 0.05) is 6.54 Å². The Labute approximate surface area is 153 Å². The summed E-state index contributed by atoms with van der Waals surface area (Å²) in [6.45, 7) is -0.310. The van der Waals surface area contributed by atoms with Crippen LogP contribution in [0.4, 0.5) is 13.2 Å². The van der Waals surface area contributed by atoms with Crippen molar-refractivity contribution in [1.29, 1.82) is 0 Å². The van der Waals surface area contributed by atoms with Crippen LogP contribution >= 0.6 is 0 Å². The molecule has 1 saturated heterocycles. The second-order valence-corrected chi connectivity index (χ2v) is 6.39. The van der Waals surface area contributed by atoms with Crippen molar-refractivity contribution in [3.05, 3.63) is 42.0 Å². The molecule has 3 amide bonds. The van der Waals surface area contributed by atoms with Crippen LogP contribution in [0.3, 0.4) is 0 Å². The van der Waals surface area contributed by atoms with Crippen molar-refractivity contribution in [2.45, 2.75) is 25.7 Å². The number of carbonyl (C=O) groups excluding carboxylic acids is 3. The molecular formula is C18H17F3N2O4. The van der Waals surface area contributed by atoms with Crippen LogP contribution in [0, 0.1) is 11.8 Å². The Hall–Kier alpha value is -2.84. The van der Waals surface area contributed by atoms with Gasteiger partial charge in [0.05, 0.1) is 11.8 Å². The monoisotopic (exact) mass is 382 g/mol. The highest BCUT2D eigenvalue weighted by atomic mass is 19.4. The largest absolute Gasteiger partial charge is 0.573 e. The summed E-state index contributed by atoms with van der Waals surface area (Å²) in [5.41, 5.74) is 0.551. The number of ether oxygens (including phenoxy) is 1. The quantitative estimate of drug-likeness (QED) is 0.626. The number of imide groups is 1. The minimum Gasteiger partial charge on any atom is -0.406 e. The zero-order valence-corrected chi connectivity index (χ0v) is 14.2. The van der Waals surface area contributed by atoms with Crippen LogP contribution in [0.25, 0.3) is 0 Å². The summed E-state index contributed by atoms with van der Waals surface area (Å²) >= 11 is 0. The van der Waals surface area contributed by atoms with E-state index in [1.807, 2.05) is 12.2 Å². The molecule has 1 aromatic carbocycles. The van der Waals surface area contributed by atoms with Gasteiger partial charge in [0.1, 0.15) is 12.3 Å². The van der Waals surface area contributed by atoms with E-state index in [4.69, 9.17) is 0 Å². The fourth-order valence-electron chi connectivity index (χ4n) is 3.23. The molecule has 27 heavy (non-hydrogen) atoms. The third kappa shape index (κ3) is 4.47. The number of nitrogens with one attached hydrogen (secondary N) is 1. The van der Waals surface area contributed by atoms with Gasteiger partial charge in [-0.3, -0.25) is 19.3 Å². The van der Waals surface area contributed by atoms with E-state index in [0.717, 1.165) is 17.0 Å². The van der Waals surface area contributed by atoms with E-state index in [0.29, 0.717) is 18.4 Å². The van der Waals surface area contributed by atoms with E-state index in [9.17, 15) is 27.6 Å². The fraction of sp³-hybridized carbons (Fsp3) is 0.389. The van der Waals surface area contributed by atoms with E-state index in [1.165, 1.54) is 12.1 Å². The molecule has 9 heteroatoms. The van der Waals surface area contributed by atoms with Gasteiger partial charge in [0.25, 0.3) is 0 Å². The fourth-order valence-corrected chi connectivity index (χ4v) is 3.23. The summed E-state index contributed by atoms with van der Waals surface area (Å²) in [5.74, 6) is -2.33. The lowest BCUT2D eigenvalue weighted by molar-refractivity contribution is -0.274. The minimum atomic E-state index is -4.77. The Balaban J connectivity index is 1.51. The molecule has 0 bridgehead atoms. The molecule has 1 heterocycles. The minimum absolute atomic E-state index is 0.0514. The predicted octanol–water partition coefficient (Wildman–Crippen LogP) is 2.15. The number of hydrogen-bond acceptors (Lipinski definition) is 4. The molecule has 3 rings (SSSR count). The normalized spacial score (nSPS) is 22.0. The van der Waals surface area contributed by atoms with E-state index < -0.39 is 24.1 Å². The number of amides is 3. The van der Waals surface area contributed by atoms with Crippen LogP contribution in [-0.2, 0) is 20.9 Å². The third-order valence-corrected chi connectivity index (χ3v) is 4.55. The Morgan fingerprint density at radius 1 is 1.07 bits per heavy atom. The first kappa shape index (κ1) is 18.9. The zero-order valence-electron chi connectivity index (χ0n) is 14.2. The van der Waals surface area contributed by atoms with Crippen LogP contribution in [-0.4, -0.2) is 35.5 Å². The van der Waals surface area contributed by atoms with Gasteiger partial charge in [0.2, 0.25) is 17.7 Å². The number of halogens is 3. The second-order valence-electron chi connectivity index (χ2n) is 6.39. The second kappa shape index (κ2) is 7.42. The van der Waals surface area contributed by atoms with E-state index in [-0.39, 0.29) is 30.7 Å². The number of rotatable bonds is 5. The molecule has 144 valence electrons. The summed E-state index contributed by atoms with van der Waals surface area (Å²) < 4.78 is 40.1. The number of carbonyl (C=O) groups is 3. The molecule has 0 aromatic heterocycles. The summed E-state index contributed by atoms with van der Waals surface area (Å²) in [6, 6.07) is 5.04. The Bertz CT molecular complexity index is 748. The Kier molecular flexibility index (Phi) is 5.20. The summed E-state index contributed by atoms with van der Waals surface area (Å²) in [6.07, 6.45) is -0.0409. The molecule has 1 aromatic rings. The lowest BCUT2D eigenvalue weighted by Crippen LogP contribution is -2.40. The van der Waals surface area contributed by atoms with Crippen molar-refractivity contribution < 1.29 is 32.3 Å².